The van der Waals surface area contributed by atoms with E-state index in [-0.39, 0.29) is 17.4 Å². The lowest BCUT2D eigenvalue weighted by molar-refractivity contribution is -0.139. The molecule has 2 unspecified atom stereocenters. The number of carboxylic acids is 1. The SMILES string of the molecule is CC(C)OC(=O)c1cccc(-c2ccc(C3NC(C(=O)O)C(C)(C)S3)o2)c1. The summed E-state index contributed by atoms with van der Waals surface area (Å²) >= 11 is 1.52. The molecular weight excluding hydrogens is 366 g/mol. The van der Waals surface area contributed by atoms with Gasteiger partial charge in [-0.05, 0) is 52.0 Å². The molecule has 0 spiro atoms. The number of benzene rings is 1. The van der Waals surface area contributed by atoms with Gasteiger partial charge in [-0.15, -0.1) is 11.8 Å². The quantitative estimate of drug-likeness (QED) is 0.745. The van der Waals surface area contributed by atoms with Gasteiger partial charge in [0.25, 0.3) is 0 Å². The van der Waals surface area contributed by atoms with Crippen molar-refractivity contribution >= 4 is 23.7 Å². The lowest BCUT2D eigenvalue weighted by Crippen LogP contribution is -2.43. The Kier molecular flexibility index (Phi) is 5.35. The molecule has 0 saturated carbocycles. The highest BCUT2D eigenvalue weighted by molar-refractivity contribution is 8.01. The normalized spacial score (nSPS) is 21.4. The zero-order chi connectivity index (χ0) is 19.8. The van der Waals surface area contributed by atoms with Gasteiger partial charge in [-0.25, -0.2) is 4.79 Å². The molecule has 7 heteroatoms. The third kappa shape index (κ3) is 4.20. The molecule has 27 heavy (non-hydrogen) atoms. The van der Waals surface area contributed by atoms with Crippen molar-refractivity contribution in [3.8, 4) is 11.3 Å². The van der Waals surface area contributed by atoms with E-state index in [0.717, 1.165) is 5.56 Å². The molecule has 3 rings (SSSR count). The van der Waals surface area contributed by atoms with Crippen LogP contribution in [0.4, 0.5) is 0 Å². The van der Waals surface area contributed by atoms with E-state index in [9.17, 15) is 14.7 Å². The molecule has 1 aliphatic rings. The summed E-state index contributed by atoms with van der Waals surface area (Å²) in [5.74, 6) is 0.0148. The van der Waals surface area contributed by atoms with Gasteiger partial charge in [0.2, 0.25) is 0 Å². The largest absolute Gasteiger partial charge is 0.480 e. The van der Waals surface area contributed by atoms with E-state index in [2.05, 4.69) is 5.32 Å². The molecule has 0 bridgehead atoms. The summed E-state index contributed by atoms with van der Waals surface area (Å²) in [5, 5.41) is 12.3. The summed E-state index contributed by atoms with van der Waals surface area (Å²) in [6.45, 7) is 7.41. The predicted molar refractivity (Wildman–Crippen MR) is 104 cm³/mol. The molecule has 2 aromatic rings. The highest BCUT2D eigenvalue weighted by atomic mass is 32.2. The number of aliphatic carboxylic acids is 1. The van der Waals surface area contributed by atoms with Crippen LogP contribution in [0.25, 0.3) is 11.3 Å². The van der Waals surface area contributed by atoms with Crippen molar-refractivity contribution in [3.63, 3.8) is 0 Å². The Morgan fingerprint density at radius 2 is 2.00 bits per heavy atom. The van der Waals surface area contributed by atoms with Crippen LogP contribution in [-0.2, 0) is 9.53 Å². The number of hydrogen-bond acceptors (Lipinski definition) is 6. The van der Waals surface area contributed by atoms with Gasteiger partial charge in [0.05, 0.1) is 11.7 Å². The Morgan fingerprint density at radius 3 is 2.63 bits per heavy atom. The average Bonchev–Trinajstić information content (AvgIpc) is 3.18. The summed E-state index contributed by atoms with van der Waals surface area (Å²) in [6, 6.07) is 10.1. The number of ether oxygens (including phenoxy) is 1. The number of carbonyl (C=O) groups excluding carboxylic acids is 1. The van der Waals surface area contributed by atoms with Gasteiger partial charge in [0, 0.05) is 10.3 Å². The number of hydrogen-bond donors (Lipinski definition) is 2. The van der Waals surface area contributed by atoms with Gasteiger partial charge in [-0.3, -0.25) is 10.1 Å². The molecule has 1 aromatic heterocycles. The fourth-order valence-electron chi connectivity index (χ4n) is 3.00. The summed E-state index contributed by atoms with van der Waals surface area (Å²) < 4.78 is 10.7. The van der Waals surface area contributed by atoms with E-state index in [1.54, 1.807) is 32.0 Å². The maximum atomic E-state index is 12.1. The predicted octanol–water partition coefficient (Wildman–Crippen LogP) is 4.08. The highest BCUT2D eigenvalue weighted by Gasteiger charge is 2.46. The van der Waals surface area contributed by atoms with Crippen LogP contribution >= 0.6 is 11.8 Å². The average molecular weight is 389 g/mol. The monoisotopic (exact) mass is 389 g/mol. The number of nitrogens with one attached hydrogen (secondary N) is 1. The molecule has 1 saturated heterocycles. The van der Waals surface area contributed by atoms with Crippen molar-refractivity contribution in [3.05, 3.63) is 47.7 Å². The van der Waals surface area contributed by atoms with Gasteiger partial charge in [-0.2, -0.15) is 0 Å². The minimum Gasteiger partial charge on any atom is -0.480 e. The lowest BCUT2D eigenvalue weighted by atomic mass is 10.0. The first-order chi connectivity index (χ1) is 12.7. The molecular formula is C20H23NO5S. The third-order valence-electron chi connectivity index (χ3n) is 4.29. The third-order valence-corrected chi connectivity index (χ3v) is 5.74. The second-order valence-electron chi connectivity index (χ2n) is 7.28. The number of carboxylic acid groups (broad SMARTS) is 1. The first kappa shape index (κ1) is 19.5. The maximum Gasteiger partial charge on any atom is 0.338 e. The van der Waals surface area contributed by atoms with Crippen molar-refractivity contribution in [2.75, 3.05) is 0 Å². The molecule has 1 aliphatic heterocycles. The summed E-state index contributed by atoms with van der Waals surface area (Å²) in [7, 11) is 0. The van der Waals surface area contributed by atoms with Crippen LogP contribution in [0.5, 0.6) is 0 Å². The molecule has 0 radical (unpaired) electrons. The fraction of sp³-hybridized carbons (Fsp3) is 0.400. The Bertz CT molecular complexity index is 858. The second-order valence-corrected chi connectivity index (χ2v) is 9.04. The number of furan rings is 1. The van der Waals surface area contributed by atoms with E-state index in [4.69, 9.17) is 9.15 Å². The first-order valence-electron chi connectivity index (χ1n) is 8.75. The zero-order valence-electron chi connectivity index (χ0n) is 15.7. The van der Waals surface area contributed by atoms with Crippen molar-refractivity contribution in [1.29, 1.82) is 0 Å². The number of thioether (sulfide) groups is 1. The minimum atomic E-state index is -0.877. The van der Waals surface area contributed by atoms with Gasteiger partial charge in [-0.1, -0.05) is 12.1 Å². The van der Waals surface area contributed by atoms with E-state index in [0.29, 0.717) is 17.1 Å². The van der Waals surface area contributed by atoms with E-state index in [1.807, 2.05) is 32.0 Å². The van der Waals surface area contributed by atoms with Crippen LogP contribution in [0.1, 0.15) is 49.2 Å². The Hall–Kier alpha value is -2.25. The molecule has 2 atom stereocenters. The van der Waals surface area contributed by atoms with Crippen molar-refractivity contribution < 1.29 is 23.8 Å². The molecule has 1 fully saturated rings. The summed E-state index contributed by atoms with van der Waals surface area (Å²) in [6.07, 6.45) is -0.188. The van der Waals surface area contributed by atoms with Gasteiger partial charge in [0.15, 0.2) is 0 Å². The lowest BCUT2D eigenvalue weighted by Gasteiger charge is -2.20. The van der Waals surface area contributed by atoms with E-state index >= 15 is 0 Å². The topological polar surface area (TPSA) is 88.8 Å². The van der Waals surface area contributed by atoms with Crippen molar-refractivity contribution in [1.82, 2.24) is 5.32 Å². The smallest absolute Gasteiger partial charge is 0.338 e. The molecule has 0 amide bonds. The molecule has 2 N–H and O–H groups in total. The number of carbonyl (C=O) groups is 2. The van der Waals surface area contributed by atoms with Gasteiger partial charge < -0.3 is 14.3 Å². The molecule has 144 valence electrons. The maximum absolute atomic E-state index is 12.1. The van der Waals surface area contributed by atoms with E-state index < -0.39 is 16.8 Å². The summed E-state index contributed by atoms with van der Waals surface area (Å²) in [4.78, 5) is 23.6. The van der Waals surface area contributed by atoms with Gasteiger partial charge in [0.1, 0.15) is 22.9 Å². The van der Waals surface area contributed by atoms with Crippen LogP contribution in [0.15, 0.2) is 40.8 Å². The number of esters is 1. The highest BCUT2D eigenvalue weighted by Crippen LogP contribution is 2.46. The zero-order valence-corrected chi connectivity index (χ0v) is 16.5. The second kappa shape index (κ2) is 7.40. The van der Waals surface area contributed by atoms with E-state index in [1.165, 1.54) is 11.8 Å². The van der Waals surface area contributed by atoms with Crippen LogP contribution in [0.3, 0.4) is 0 Å². The summed E-state index contributed by atoms with van der Waals surface area (Å²) in [5.41, 5.74) is 1.22. The Morgan fingerprint density at radius 1 is 1.26 bits per heavy atom. The van der Waals surface area contributed by atoms with Crippen LogP contribution in [-0.4, -0.2) is 33.9 Å². The molecule has 2 heterocycles. The molecule has 0 aliphatic carbocycles. The van der Waals surface area contributed by atoms with Crippen LogP contribution in [0.2, 0.25) is 0 Å². The standard InChI is InChI=1S/C20H23NO5S/c1-11(2)25-19(24)13-7-5-6-12(10-13)14-8-9-15(26-14)17-21-16(18(22)23)20(3,4)27-17/h5-11,16-17,21H,1-4H3,(H,22,23). The van der Waals surface area contributed by atoms with Crippen LogP contribution < -0.4 is 5.32 Å². The Labute approximate surface area is 162 Å². The van der Waals surface area contributed by atoms with Crippen LogP contribution in [0, 0.1) is 0 Å². The first-order valence-corrected chi connectivity index (χ1v) is 9.63. The minimum absolute atomic E-state index is 0.188. The molecule has 6 nitrogen and oxygen atoms in total. The van der Waals surface area contributed by atoms with Crippen molar-refractivity contribution in [2.24, 2.45) is 0 Å². The number of rotatable bonds is 5. The van der Waals surface area contributed by atoms with Gasteiger partial charge >= 0.3 is 11.9 Å². The fourth-order valence-corrected chi connectivity index (χ4v) is 4.36. The van der Waals surface area contributed by atoms with Crippen molar-refractivity contribution in [2.45, 2.75) is 50.0 Å². The molecule has 1 aromatic carbocycles. The Balaban J connectivity index is 1.81.